The number of aryl methyl sites for hydroxylation is 4. The van der Waals surface area contributed by atoms with Crippen LogP contribution in [0.3, 0.4) is 0 Å². The Bertz CT molecular complexity index is 1430. The van der Waals surface area contributed by atoms with Crippen LogP contribution in [-0.4, -0.2) is 42.7 Å². The summed E-state index contributed by atoms with van der Waals surface area (Å²) in [6, 6.07) is 23.9. The molecule has 0 saturated heterocycles. The number of methoxy groups -OCH3 is 6. The molecule has 0 spiro atoms. The average Bonchev–Trinajstić information content (AvgIpc) is 3.02. The van der Waals surface area contributed by atoms with Crippen molar-refractivity contribution in [3.05, 3.63) is 95.1 Å². The molecule has 0 heterocycles. The molecule has 0 N–H and O–H groups in total. The molecule has 0 bridgehead atoms. The molecule has 0 radical (unpaired) electrons. The summed E-state index contributed by atoms with van der Waals surface area (Å²) in [4.78, 5) is 0. The molecular formula is C34H38O7. The van der Waals surface area contributed by atoms with Gasteiger partial charge in [0.25, 0.3) is 0 Å². The first kappa shape index (κ1) is 29.5. The van der Waals surface area contributed by atoms with E-state index in [0.29, 0.717) is 23.0 Å². The summed E-state index contributed by atoms with van der Waals surface area (Å²) in [5.41, 5.74) is 4.44. The molecule has 0 saturated carbocycles. The fourth-order valence-electron chi connectivity index (χ4n) is 4.70. The summed E-state index contributed by atoms with van der Waals surface area (Å²) in [5.74, 6) is 5.44. The standard InChI is InChI=1S/C34H38O7/c1-35-27-9-7-8-23(14-27)10-11-25-17-30(38-4)22-31(18-25)41-33-20-26(19-32(39-5)34(33)40-6)13-12-24-15-28(36-2)21-29(16-24)37-3/h7-9,14-22H,10-13H2,1-6H3. The van der Waals surface area contributed by atoms with Gasteiger partial charge >= 0.3 is 0 Å². The van der Waals surface area contributed by atoms with E-state index in [0.717, 1.165) is 65.4 Å². The van der Waals surface area contributed by atoms with E-state index in [4.69, 9.17) is 33.2 Å². The van der Waals surface area contributed by atoms with Gasteiger partial charge in [0.05, 0.1) is 42.7 Å². The number of hydrogen-bond acceptors (Lipinski definition) is 7. The van der Waals surface area contributed by atoms with Gasteiger partial charge in [0.15, 0.2) is 11.5 Å². The molecule has 4 aromatic rings. The molecule has 0 aliphatic heterocycles. The van der Waals surface area contributed by atoms with Crippen LogP contribution >= 0.6 is 0 Å². The van der Waals surface area contributed by atoms with Crippen molar-refractivity contribution < 1.29 is 33.2 Å². The van der Waals surface area contributed by atoms with Crippen molar-refractivity contribution in [3.63, 3.8) is 0 Å². The minimum absolute atomic E-state index is 0.528. The normalized spacial score (nSPS) is 10.6. The van der Waals surface area contributed by atoms with Crippen LogP contribution in [0.15, 0.2) is 72.8 Å². The van der Waals surface area contributed by atoms with Crippen molar-refractivity contribution in [1.82, 2.24) is 0 Å². The largest absolute Gasteiger partial charge is 0.497 e. The predicted octanol–water partition coefficient (Wildman–Crippen LogP) is 7.10. The lowest BCUT2D eigenvalue weighted by molar-refractivity contribution is 0.335. The van der Waals surface area contributed by atoms with Crippen LogP contribution in [0.5, 0.6) is 46.0 Å². The van der Waals surface area contributed by atoms with Crippen LogP contribution in [0.2, 0.25) is 0 Å². The molecule has 7 heteroatoms. The van der Waals surface area contributed by atoms with Gasteiger partial charge in [-0.3, -0.25) is 0 Å². The average molecular weight is 559 g/mol. The zero-order chi connectivity index (χ0) is 29.2. The highest BCUT2D eigenvalue weighted by molar-refractivity contribution is 5.56. The molecule has 0 aromatic heterocycles. The number of rotatable bonds is 14. The first-order valence-electron chi connectivity index (χ1n) is 13.4. The minimum atomic E-state index is 0.528. The van der Waals surface area contributed by atoms with E-state index in [-0.39, 0.29) is 0 Å². The van der Waals surface area contributed by atoms with Crippen LogP contribution in [0.25, 0.3) is 0 Å². The maximum Gasteiger partial charge on any atom is 0.203 e. The third kappa shape index (κ3) is 7.78. The van der Waals surface area contributed by atoms with Gasteiger partial charge in [-0.25, -0.2) is 0 Å². The van der Waals surface area contributed by atoms with E-state index < -0.39 is 0 Å². The van der Waals surface area contributed by atoms with E-state index in [1.807, 2.05) is 60.7 Å². The zero-order valence-electron chi connectivity index (χ0n) is 24.6. The molecule has 4 aromatic carbocycles. The molecule has 0 unspecified atom stereocenters. The lowest BCUT2D eigenvalue weighted by Gasteiger charge is -2.17. The predicted molar refractivity (Wildman–Crippen MR) is 160 cm³/mol. The minimum Gasteiger partial charge on any atom is -0.497 e. The fourth-order valence-corrected chi connectivity index (χ4v) is 4.70. The molecule has 41 heavy (non-hydrogen) atoms. The van der Waals surface area contributed by atoms with Crippen LogP contribution in [0, 0.1) is 0 Å². The Morgan fingerprint density at radius 2 is 0.854 bits per heavy atom. The summed E-state index contributed by atoms with van der Waals surface area (Å²) in [6.45, 7) is 0. The Labute approximate surface area is 242 Å². The van der Waals surface area contributed by atoms with E-state index in [9.17, 15) is 0 Å². The third-order valence-electron chi connectivity index (χ3n) is 6.86. The summed E-state index contributed by atoms with van der Waals surface area (Å²) in [7, 11) is 9.87. The molecule has 0 aliphatic carbocycles. The molecule has 0 fully saturated rings. The molecule has 0 amide bonds. The van der Waals surface area contributed by atoms with Gasteiger partial charge in [0, 0.05) is 12.1 Å². The van der Waals surface area contributed by atoms with Crippen molar-refractivity contribution in [2.24, 2.45) is 0 Å². The summed E-state index contributed by atoms with van der Waals surface area (Å²) >= 11 is 0. The second kappa shape index (κ2) is 14.2. The lowest BCUT2D eigenvalue weighted by atomic mass is 10.0. The quantitative estimate of drug-likeness (QED) is 0.164. The van der Waals surface area contributed by atoms with Gasteiger partial charge in [-0.15, -0.1) is 0 Å². The Balaban J connectivity index is 1.58. The molecule has 216 valence electrons. The van der Waals surface area contributed by atoms with E-state index >= 15 is 0 Å². The van der Waals surface area contributed by atoms with Gasteiger partial charge in [0.2, 0.25) is 5.75 Å². The topological polar surface area (TPSA) is 64.6 Å². The summed E-state index contributed by atoms with van der Waals surface area (Å²) in [6.07, 6.45) is 3.18. The van der Waals surface area contributed by atoms with Gasteiger partial charge in [-0.2, -0.15) is 0 Å². The molecule has 0 atom stereocenters. The van der Waals surface area contributed by atoms with E-state index in [2.05, 4.69) is 12.1 Å². The Morgan fingerprint density at radius 1 is 0.390 bits per heavy atom. The number of hydrogen-bond donors (Lipinski definition) is 0. The fraction of sp³-hybridized carbons (Fsp3) is 0.294. The lowest BCUT2D eigenvalue weighted by Crippen LogP contribution is -2.00. The molecule has 7 nitrogen and oxygen atoms in total. The summed E-state index contributed by atoms with van der Waals surface area (Å²) < 4.78 is 39.6. The van der Waals surface area contributed by atoms with Gasteiger partial charge in [-0.1, -0.05) is 12.1 Å². The molecule has 0 aliphatic rings. The van der Waals surface area contributed by atoms with Crippen LogP contribution < -0.4 is 33.2 Å². The number of benzene rings is 4. The van der Waals surface area contributed by atoms with Crippen molar-refractivity contribution in [3.8, 4) is 46.0 Å². The molecular weight excluding hydrogens is 520 g/mol. The van der Waals surface area contributed by atoms with Crippen molar-refractivity contribution >= 4 is 0 Å². The van der Waals surface area contributed by atoms with E-state index in [1.165, 1.54) is 5.56 Å². The Hall–Kier alpha value is -4.52. The van der Waals surface area contributed by atoms with Gasteiger partial charge < -0.3 is 33.2 Å². The first-order chi connectivity index (χ1) is 20.0. The van der Waals surface area contributed by atoms with Crippen molar-refractivity contribution in [2.45, 2.75) is 25.7 Å². The van der Waals surface area contributed by atoms with Gasteiger partial charge in [-0.05, 0) is 96.5 Å². The molecule has 4 rings (SSSR count). The smallest absolute Gasteiger partial charge is 0.203 e. The van der Waals surface area contributed by atoms with Crippen LogP contribution in [0.1, 0.15) is 22.3 Å². The van der Waals surface area contributed by atoms with Crippen molar-refractivity contribution in [1.29, 1.82) is 0 Å². The SMILES string of the molecule is COc1cccc(CCc2cc(OC)cc(Oc3cc(CCc4cc(OC)cc(OC)c4)cc(OC)c3OC)c2)c1. The highest BCUT2D eigenvalue weighted by Crippen LogP contribution is 2.42. The third-order valence-corrected chi connectivity index (χ3v) is 6.86. The Kier molecular flexibility index (Phi) is 10.2. The highest BCUT2D eigenvalue weighted by Gasteiger charge is 2.16. The van der Waals surface area contributed by atoms with Crippen LogP contribution in [-0.2, 0) is 25.7 Å². The maximum absolute atomic E-state index is 6.44. The summed E-state index contributed by atoms with van der Waals surface area (Å²) in [5, 5.41) is 0. The van der Waals surface area contributed by atoms with Crippen molar-refractivity contribution in [2.75, 3.05) is 42.7 Å². The monoisotopic (exact) mass is 558 g/mol. The number of ether oxygens (including phenoxy) is 7. The van der Waals surface area contributed by atoms with Gasteiger partial charge in [0.1, 0.15) is 28.7 Å². The van der Waals surface area contributed by atoms with E-state index in [1.54, 1.807) is 42.7 Å². The highest BCUT2D eigenvalue weighted by atomic mass is 16.5. The second-order valence-corrected chi connectivity index (χ2v) is 9.52. The first-order valence-corrected chi connectivity index (χ1v) is 13.4. The Morgan fingerprint density at radius 3 is 1.39 bits per heavy atom. The van der Waals surface area contributed by atoms with Crippen LogP contribution in [0.4, 0.5) is 0 Å². The second-order valence-electron chi connectivity index (χ2n) is 9.52. The zero-order valence-corrected chi connectivity index (χ0v) is 24.6. The maximum atomic E-state index is 6.44.